The summed E-state index contributed by atoms with van der Waals surface area (Å²) in [6.07, 6.45) is 1.08. The van der Waals surface area contributed by atoms with Crippen LogP contribution in [0, 0.1) is 5.41 Å². The molecule has 2 saturated heterocycles. The lowest BCUT2D eigenvalue weighted by molar-refractivity contribution is 0.0361. The van der Waals surface area contributed by atoms with E-state index in [4.69, 9.17) is 10.1 Å². The molecule has 3 aliphatic heterocycles. The van der Waals surface area contributed by atoms with Crippen LogP contribution in [0.15, 0.2) is 24.3 Å². The normalized spacial score (nSPS) is 25.3. The molecule has 0 bridgehead atoms. The van der Waals surface area contributed by atoms with E-state index in [2.05, 4.69) is 39.0 Å². The predicted molar refractivity (Wildman–Crippen MR) is 86.0 cm³/mol. The van der Waals surface area contributed by atoms with Crippen LogP contribution < -0.4 is 0 Å². The number of morpholine rings is 1. The second kappa shape index (κ2) is 5.89. The van der Waals surface area contributed by atoms with Gasteiger partial charge in [-0.05, 0) is 17.5 Å². The Morgan fingerprint density at radius 2 is 1.86 bits per heavy atom. The van der Waals surface area contributed by atoms with Crippen LogP contribution in [-0.4, -0.2) is 72.6 Å². The molecule has 0 spiro atoms. The molecule has 5 nitrogen and oxygen atoms in total. The summed E-state index contributed by atoms with van der Waals surface area (Å²) in [5.74, 6) is 0.716. The zero-order valence-corrected chi connectivity index (χ0v) is 13.0. The predicted octanol–water partition coefficient (Wildman–Crippen LogP) is 0.996. The molecule has 3 aliphatic rings. The molecule has 1 N–H and O–H groups in total. The minimum absolute atomic E-state index is 0.479. The van der Waals surface area contributed by atoms with E-state index in [9.17, 15) is 0 Å². The van der Waals surface area contributed by atoms with Crippen LogP contribution in [0.2, 0.25) is 0 Å². The van der Waals surface area contributed by atoms with Gasteiger partial charge in [0, 0.05) is 39.3 Å². The fourth-order valence-corrected chi connectivity index (χ4v) is 3.81. The zero-order valence-electron chi connectivity index (χ0n) is 13.0. The molecular weight excluding hydrogens is 276 g/mol. The van der Waals surface area contributed by atoms with Gasteiger partial charge in [-0.2, -0.15) is 0 Å². The van der Waals surface area contributed by atoms with Gasteiger partial charge in [0.15, 0.2) is 5.96 Å². The highest BCUT2D eigenvalue weighted by atomic mass is 16.5. The maximum Gasteiger partial charge on any atom is 0.194 e. The molecule has 0 saturated carbocycles. The Morgan fingerprint density at radius 3 is 2.68 bits per heavy atom. The minimum Gasteiger partial charge on any atom is -0.379 e. The molecule has 1 aromatic rings. The van der Waals surface area contributed by atoms with Gasteiger partial charge in [0.25, 0.3) is 0 Å². The first kappa shape index (κ1) is 14.0. The highest BCUT2D eigenvalue weighted by Crippen LogP contribution is 2.28. The number of hydrogen-bond acceptors (Lipinski definition) is 3. The summed E-state index contributed by atoms with van der Waals surface area (Å²) >= 11 is 0. The van der Waals surface area contributed by atoms with Crippen molar-refractivity contribution in [2.24, 2.45) is 0 Å². The molecule has 1 aromatic carbocycles. The van der Waals surface area contributed by atoms with Gasteiger partial charge in [-0.3, -0.25) is 10.3 Å². The molecule has 2 fully saturated rings. The zero-order chi connectivity index (χ0) is 14.9. The summed E-state index contributed by atoms with van der Waals surface area (Å²) in [4.78, 5) is 6.98. The molecule has 0 radical (unpaired) electrons. The van der Waals surface area contributed by atoms with E-state index in [0.717, 1.165) is 58.9 Å². The van der Waals surface area contributed by atoms with Crippen LogP contribution in [0.5, 0.6) is 0 Å². The highest BCUT2D eigenvalue weighted by molar-refractivity contribution is 5.80. The lowest BCUT2D eigenvalue weighted by Gasteiger charge is -2.31. The Hall–Kier alpha value is -1.59. The molecular formula is C17H24N4O. The van der Waals surface area contributed by atoms with Crippen molar-refractivity contribution in [1.29, 1.82) is 5.41 Å². The van der Waals surface area contributed by atoms with Crippen LogP contribution in [0.4, 0.5) is 0 Å². The van der Waals surface area contributed by atoms with Crippen molar-refractivity contribution in [3.05, 3.63) is 35.4 Å². The Balaban J connectivity index is 1.38. The van der Waals surface area contributed by atoms with Crippen molar-refractivity contribution in [3.63, 3.8) is 0 Å². The minimum atomic E-state index is 0.479. The lowest BCUT2D eigenvalue weighted by atomic mass is 9.95. The van der Waals surface area contributed by atoms with Gasteiger partial charge in [-0.25, -0.2) is 0 Å². The van der Waals surface area contributed by atoms with Gasteiger partial charge in [0.2, 0.25) is 0 Å². The fourth-order valence-electron chi connectivity index (χ4n) is 3.81. The van der Waals surface area contributed by atoms with E-state index < -0.39 is 0 Å². The summed E-state index contributed by atoms with van der Waals surface area (Å²) in [6, 6.07) is 9.16. The monoisotopic (exact) mass is 300 g/mol. The maximum absolute atomic E-state index is 8.50. The third kappa shape index (κ3) is 2.59. The Labute approximate surface area is 132 Å². The first-order valence-corrected chi connectivity index (χ1v) is 8.28. The number of hydrogen-bond donors (Lipinski definition) is 1. The van der Waals surface area contributed by atoms with Crippen molar-refractivity contribution in [2.45, 2.75) is 19.0 Å². The van der Waals surface area contributed by atoms with Crippen molar-refractivity contribution >= 4 is 5.96 Å². The average Bonchev–Trinajstić information content (AvgIpc) is 2.87. The van der Waals surface area contributed by atoms with Crippen molar-refractivity contribution in [1.82, 2.24) is 14.7 Å². The van der Waals surface area contributed by atoms with E-state index in [-0.39, 0.29) is 0 Å². The van der Waals surface area contributed by atoms with Crippen molar-refractivity contribution in [3.8, 4) is 0 Å². The summed E-state index contributed by atoms with van der Waals surface area (Å²) in [5, 5.41) is 8.50. The van der Waals surface area contributed by atoms with Crippen LogP contribution in [0.25, 0.3) is 0 Å². The van der Waals surface area contributed by atoms with E-state index >= 15 is 0 Å². The number of ether oxygens (including phenoxy) is 1. The molecule has 0 unspecified atom stereocenters. The van der Waals surface area contributed by atoms with Gasteiger partial charge in [-0.15, -0.1) is 0 Å². The first-order chi connectivity index (χ1) is 10.8. The SMILES string of the molecule is N=C1N(CCN2CCOCC2)C[C@@H]2Cc3ccccc3CN12. The number of nitrogens with one attached hydrogen (secondary N) is 1. The largest absolute Gasteiger partial charge is 0.379 e. The number of guanidine groups is 1. The maximum atomic E-state index is 8.50. The molecule has 4 rings (SSSR count). The smallest absolute Gasteiger partial charge is 0.194 e. The number of fused-ring (bicyclic) bond motifs is 2. The summed E-state index contributed by atoms with van der Waals surface area (Å²) < 4.78 is 5.40. The second-order valence-corrected chi connectivity index (χ2v) is 6.48. The van der Waals surface area contributed by atoms with Crippen LogP contribution in [0.3, 0.4) is 0 Å². The third-order valence-electron chi connectivity index (χ3n) is 5.15. The molecule has 5 heteroatoms. The summed E-state index contributed by atoms with van der Waals surface area (Å²) in [7, 11) is 0. The second-order valence-electron chi connectivity index (χ2n) is 6.48. The van der Waals surface area contributed by atoms with Gasteiger partial charge >= 0.3 is 0 Å². The summed E-state index contributed by atoms with van der Waals surface area (Å²) in [6.45, 7) is 7.65. The van der Waals surface area contributed by atoms with E-state index in [0.29, 0.717) is 12.0 Å². The molecule has 22 heavy (non-hydrogen) atoms. The topological polar surface area (TPSA) is 42.8 Å². The van der Waals surface area contributed by atoms with Crippen molar-refractivity contribution < 1.29 is 4.74 Å². The van der Waals surface area contributed by atoms with Crippen molar-refractivity contribution in [2.75, 3.05) is 45.9 Å². The highest BCUT2D eigenvalue weighted by Gasteiger charge is 2.37. The van der Waals surface area contributed by atoms with E-state index in [1.54, 1.807) is 0 Å². The van der Waals surface area contributed by atoms with Gasteiger partial charge in [-0.1, -0.05) is 24.3 Å². The summed E-state index contributed by atoms with van der Waals surface area (Å²) in [5.41, 5.74) is 2.85. The first-order valence-electron chi connectivity index (χ1n) is 8.28. The van der Waals surface area contributed by atoms with Gasteiger partial charge in [0.1, 0.15) is 0 Å². The Morgan fingerprint density at radius 1 is 1.09 bits per heavy atom. The molecule has 0 aromatic heterocycles. The number of benzene rings is 1. The van der Waals surface area contributed by atoms with E-state index in [1.165, 1.54) is 11.1 Å². The quantitative estimate of drug-likeness (QED) is 0.904. The lowest BCUT2D eigenvalue weighted by Crippen LogP contribution is -2.43. The molecule has 1 atom stereocenters. The number of rotatable bonds is 3. The number of nitrogens with zero attached hydrogens (tertiary/aromatic N) is 3. The molecule has 0 aliphatic carbocycles. The third-order valence-corrected chi connectivity index (χ3v) is 5.15. The standard InChI is InChI=1S/C17H24N4O/c18-17-20(6-5-19-7-9-22-10-8-19)13-16-11-14-3-1-2-4-15(14)12-21(16)17/h1-4,16,18H,5-13H2/t16-/m0/s1. The van der Waals surface area contributed by atoms with Crippen LogP contribution in [-0.2, 0) is 17.7 Å². The van der Waals surface area contributed by atoms with Gasteiger partial charge < -0.3 is 14.5 Å². The Bertz CT molecular complexity index is 555. The van der Waals surface area contributed by atoms with Crippen LogP contribution >= 0.6 is 0 Å². The fraction of sp³-hybridized carbons (Fsp3) is 0.588. The molecule has 0 amide bonds. The van der Waals surface area contributed by atoms with E-state index in [1.807, 2.05) is 0 Å². The molecule has 3 heterocycles. The van der Waals surface area contributed by atoms with Gasteiger partial charge in [0.05, 0.1) is 19.3 Å². The Kier molecular flexibility index (Phi) is 3.76. The molecule has 118 valence electrons. The average molecular weight is 300 g/mol. The van der Waals surface area contributed by atoms with Crippen LogP contribution in [0.1, 0.15) is 11.1 Å².